The lowest BCUT2D eigenvalue weighted by Crippen LogP contribution is -2.23. The number of aryl methyl sites for hydroxylation is 1. The molecular weight excluding hydrogens is 364 g/mol. The fourth-order valence-electron chi connectivity index (χ4n) is 3.53. The van der Waals surface area contributed by atoms with Gasteiger partial charge in [-0.2, -0.15) is 4.98 Å². The molecule has 1 aliphatic heterocycles. The van der Waals surface area contributed by atoms with E-state index in [1.807, 2.05) is 30.3 Å². The van der Waals surface area contributed by atoms with Gasteiger partial charge >= 0.3 is 0 Å². The van der Waals surface area contributed by atoms with Gasteiger partial charge in [0.15, 0.2) is 0 Å². The number of nitrogens with zero attached hydrogens (tertiary/aromatic N) is 3. The first-order valence-corrected chi connectivity index (χ1v) is 10.2. The normalized spacial score (nSPS) is 14.2. The lowest BCUT2D eigenvalue weighted by Gasteiger charge is -2.14. The van der Waals surface area contributed by atoms with Gasteiger partial charge in [0.05, 0.1) is 0 Å². The Balaban J connectivity index is 1.20. The van der Waals surface area contributed by atoms with Gasteiger partial charge in [-0.05, 0) is 37.1 Å². The van der Waals surface area contributed by atoms with E-state index in [4.69, 9.17) is 4.52 Å². The fraction of sp³-hybridized carbons (Fsp3) is 0.348. The van der Waals surface area contributed by atoms with Crippen molar-refractivity contribution in [3.05, 3.63) is 71.6 Å². The van der Waals surface area contributed by atoms with Crippen LogP contribution in [0.3, 0.4) is 0 Å². The van der Waals surface area contributed by atoms with Crippen LogP contribution in [-0.4, -0.2) is 34.0 Å². The van der Waals surface area contributed by atoms with Crippen LogP contribution in [0.2, 0.25) is 0 Å². The average Bonchev–Trinajstić information content (AvgIpc) is 3.45. The Morgan fingerprint density at radius 2 is 1.72 bits per heavy atom. The van der Waals surface area contributed by atoms with E-state index in [0.717, 1.165) is 17.7 Å². The van der Waals surface area contributed by atoms with E-state index >= 15 is 0 Å². The molecule has 1 saturated heterocycles. The zero-order valence-corrected chi connectivity index (χ0v) is 16.5. The van der Waals surface area contributed by atoms with Crippen molar-refractivity contribution >= 4 is 5.91 Å². The predicted octanol–water partition coefficient (Wildman–Crippen LogP) is 3.58. The summed E-state index contributed by atoms with van der Waals surface area (Å²) >= 11 is 0. The van der Waals surface area contributed by atoms with E-state index in [1.165, 1.54) is 31.5 Å². The summed E-state index contributed by atoms with van der Waals surface area (Å²) in [4.78, 5) is 19.0. The highest BCUT2D eigenvalue weighted by molar-refractivity contribution is 5.76. The summed E-state index contributed by atoms with van der Waals surface area (Å²) < 4.78 is 5.25. The van der Waals surface area contributed by atoms with Gasteiger partial charge in [-0.25, -0.2) is 0 Å². The molecule has 1 aliphatic rings. The first-order chi connectivity index (χ1) is 14.3. The summed E-state index contributed by atoms with van der Waals surface area (Å²) in [6.45, 7) is 3.94. The molecular formula is C23H26N4O2. The van der Waals surface area contributed by atoms with Crippen LogP contribution in [0.4, 0.5) is 0 Å². The number of hydrogen-bond acceptors (Lipinski definition) is 5. The second kappa shape index (κ2) is 9.47. The van der Waals surface area contributed by atoms with Crippen LogP contribution >= 0.6 is 0 Å². The maximum absolute atomic E-state index is 12.2. The maximum Gasteiger partial charge on any atom is 0.227 e. The van der Waals surface area contributed by atoms with Crippen molar-refractivity contribution in [3.63, 3.8) is 0 Å². The number of rotatable bonds is 8. The van der Waals surface area contributed by atoms with E-state index in [1.54, 1.807) is 0 Å². The molecule has 0 bridgehead atoms. The summed E-state index contributed by atoms with van der Waals surface area (Å²) in [6, 6.07) is 18.2. The summed E-state index contributed by atoms with van der Waals surface area (Å²) in [6.07, 6.45) is 3.37. The molecule has 1 aromatic heterocycles. The minimum Gasteiger partial charge on any atom is -0.352 e. The first-order valence-electron chi connectivity index (χ1n) is 10.2. The third-order valence-electron chi connectivity index (χ3n) is 5.18. The van der Waals surface area contributed by atoms with Crippen molar-refractivity contribution in [2.75, 3.05) is 13.1 Å². The Kier molecular flexibility index (Phi) is 6.32. The van der Waals surface area contributed by atoms with E-state index < -0.39 is 0 Å². The Bertz CT molecular complexity index is 916. The molecule has 2 heterocycles. The quantitative estimate of drug-likeness (QED) is 0.637. The number of aromatic nitrogens is 2. The van der Waals surface area contributed by atoms with Crippen molar-refractivity contribution < 1.29 is 9.32 Å². The Morgan fingerprint density at radius 1 is 1.00 bits per heavy atom. The summed E-state index contributed by atoms with van der Waals surface area (Å²) in [5.74, 6) is 1.01. The van der Waals surface area contributed by atoms with Crippen molar-refractivity contribution in [3.8, 4) is 11.4 Å². The molecule has 4 rings (SSSR count). The lowest BCUT2D eigenvalue weighted by molar-refractivity contribution is -0.121. The molecule has 6 heteroatoms. The van der Waals surface area contributed by atoms with Gasteiger partial charge in [-0.1, -0.05) is 59.8 Å². The molecule has 6 nitrogen and oxygen atoms in total. The van der Waals surface area contributed by atoms with Gasteiger partial charge in [-0.3, -0.25) is 9.69 Å². The molecule has 0 saturated carbocycles. The highest BCUT2D eigenvalue weighted by Crippen LogP contribution is 2.16. The number of hydrogen-bond donors (Lipinski definition) is 1. The van der Waals surface area contributed by atoms with Crippen molar-refractivity contribution in [2.24, 2.45) is 0 Å². The molecule has 0 radical (unpaired) electrons. The molecule has 3 aromatic rings. The van der Waals surface area contributed by atoms with E-state index in [9.17, 15) is 4.79 Å². The minimum atomic E-state index is -0.0226. The fourth-order valence-corrected chi connectivity index (χ4v) is 3.53. The van der Waals surface area contributed by atoms with Gasteiger partial charge < -0.3 is 9.84 Å². The van der Waals surface area contributed by atoms with E-state index in [0.29, 0.717) is 31.1 Å². The van der Waals surface area contributed by atoms with Crippen LogP contribution in [0.25, 0.3) is 11.4 Å². The molecule has 1 amide bonds. The molecule has 0 aliphatic carbocycles. The summed E-state index contributed by atoms with van der Waals surface area (Å²) in [5.41, 5.74) is 3.33. The van der Waals surface area contributed by atoms with Gasteiger partial charge in [-0.15, -0.1) is 0 Å². The third-order valence-corrected chi connectivity index (χ3v) is 5.18. The Morgan fingerprint density at radius 3 is 2.48 bits per heavy atom. The Labute approximate surface area is 170 Å². The smallest absolute Gasteiger partial charge is 0.227 e. The number of carbonyl (C=O) groups excluding carboxylic acids is 1. The van der Waals surface area contributed by atoms with Crippen molar-refractivity contribution in [2.45, 2.75) is 38.8 Å². The zero-order chi connectivity index (χ0) is 19.9. The Hall–Kier alpha value is -2.99. The van der Waals surface area contributed by atoms with Crippen LogP contribution < -0.4 is 5.32 Å². The molecule has 1 fully saturated rings. The SMILES string of the molecule is O=C(CCc1nc(-c2ccccc2)no1)NCc1ccc(CN2CCCC2)cc1. The number of carbonyl (C=O) groups is 1. The summed E-state index contributed by atoms with van der Waals surface area (Å²) in [7, 11) is 0. The van der Waals surface area contributed by atoms with Crippen molar-refractivity contribution in [1.82, 2.24) is 20.4 Å². The average molecular weight is 390 g/mol. The number of amides is 1. The molecule has 150 valence electrons. The van der Waals surface area contributed by atoms with E-state index in [-0.39, 0.29) is 5.91 Å². The van der Waals surface area contributed by atoms with Gasteiger partial charge in [0.1, 0.15) is 0 Å². The topological polar surface area (TPSA) is 71.3 Å². The number of benzene rings is 2. The van der Waals surface area contributed by atoms with Crippen LogP contribution in [0.5, 0.6) is 0 Å². The second-order valence-corrected chi connectivity index (χ2v) is 7.45. The lowest BCUT2D eigenvalue weighted by atomic mass is 10.1. The monoisotopic (exact) mass is 390 g/mol. The summed E-state index contributed by atoms with van der Waals surface area (Å²) in [5, 5.41) is 6.94. The standard InChI is InChI=1S/C23H26N4O2/c28-21(12-13-22-25-23(26-29-22)20-6-2-1-3-7-20)24-16-18-8-10-19(11-9-18)17-27-14-4-5-15-27/h1-3,6-11H,4-5,12-17H2,(H,24,28). The van der Waals surface area contributed by atoms with Gasteiger partial charge in [0, 0.05) is 31.5 Å². The van der Waals surface area contributed by atoms with Crippen LogP contribution in [0, 0.1) is 0 Å². The highest BCUT2D eigenvalue weighted by atomic mass is 16.5. The molecule has 29 heavy (non-hydrogen) atoms. The molecule has 0 unspecified atom stereocenters. The van der Waals surface area contributed by atoms with Gasteiger partial charge in [0.2, 0.25) is 17.6 Å². The first kappa shape index (κ1) is 19.3. The number of nitrogens with one attached hydrogen (secondary N) is 1. The van der Waals surface area contributed by atoms with Gasteiger partial charge in [0.25, 0.3) is 0 Å². The van der Waals surface area contributed by atoms with E-state index in [2.05, 4.69) is 44.6 Å². The van der Waals surface area contributed by atoms with Crippen LogP contribution in [-0.2, 0) is 24.3 Å². The molecule has 2 aromatic carbocycles. The maximum atomic E-state index is 12.2. The predicted molar refractivity (Wildman–Crippen MR) is 111 cm³/mol. The molecule has 1 N–H and O–H groups in total. The van der Waals surface area contributed by atoms with Crippen LogP contribution in [0.15, 0.2) is 59.1 Å². The second-order valence-electron chi connectivity index (χ2n) is 7.45. The zero-order valence-electron chi connectivity index (χ0n) is 16.5. The minimum absolute atomic E-state index is 0.0226. The number of likely N-dealkylation sites (tertiary alicyclic amines) is 1. The third kappa shape index (κ3) is 5.51. The van der Waals surface area contributed by atoms with Crippen molar-refractivity contribution in [1.29, 1.82) is 0 Å². The largest absolute Gasteiger partial charge is 0.352 e. The van der Waals surface area contributed by atoms with Crippen LogP contribution in [0.1, 0.15) is 36.3 Å². The molecule has 0 atom stereocenters. The molecule has 0 spiro atoms. The highest BCUT2D eigenvalue weighted by Gasteiger charge is 2.12.